The van der Waals surface area contributed by atoms with Gasteiger partial charge in [0.1, 0.15) is 0 Å². The molecule has 4 N–H and O–H groups in total. The fraction of sp³-hybridized carbons (Fsp3) is 0.889. The number of aliphatic carboxylic acids is 1. The third-order valence-corrected chi connectivity index (χ3v) is 2.17. The number of hydrogen-bond donors (Lipinski definition) is 4. The van der Waals surface area contributed by atoms with Gasteiger partial charge >= 0.3 is 5.97 Å². The average Bonchev–Trinajstić information content (AvgIpc) is 2.12. The molecule has 0 fully saturated rings. The fourth-order valence-corrected chi connectivity index (χ4v) is 1.03. The first-order chi connectivity index (χ1) is 6.44. The highest BCUT2D eigenvalue weighted by atomic mass is 16.4. The number of carboxylic acid groups (broad SMARTS) is 1. The smallest absolute Gasteiger partial charge is 0.336 e. The van der Waals surface area contributed by atoms with Crippen LogP contribution < -0.4 is 5.32 Å². The van der Waals surface area contributed by atoms with Crippen molar-refractivity contribution in [1.29, 1.82) is 0 Å². The highest BCUT2D eigenvalue weighted by Crippen LogP contribution is 2.04. The van der Waals surface area contributed by atoms with Crippen molar-refractivity contribution >= 4 is 5.97 Å². The molecule has 0 aromatic heterocycles. The quantitative estimate of drug-likeness (QED) is 0.453. The zero-order chi connectivity index (χ0) is 11.2. The fourth-order valence-electron chi connectivity index (χ4n) is 1.03. The highest BCUT2D eigenvalue weighted by molar-refractivity contribution is 5.76. The topological polar surface area (TPSA) is 89.8 Å². The van der Waals surface area contributed by atoms with Crippen molar-refractivity contribution in [2.45, 2.75) is 38.3 Å². The predicted octanol–water partition coefficient (Wildman–Crippen LogP) is -0.427. The SMILES string of the molecule is CCC(CCO)NCC(C)(O)C(=O)O. The van der Waals surface area contributed by atoms with E-state index in [9.17, 15) is 9.90 Å². The number of rotatable bonds is 7. The van der Waals surface area contributed by atoms with E-state index in [1.165, 1.54) is 6.92 Å². The highest BCUT2D eigenvalue weighted by Gasteiger charge is 2.29. The van der Waals surface area contributed by atoms with Crippen LogP contribution in [-0.4, -0.2) is 46.1 Å². The minimum Gasteiger partial charge on any atom is -0.479 e. The molecule has 0 heterocycles. The standard InChI is InChI=1S/C9H19NO4/c1-3-7(4-5-11)10-6-9(2,14)8(12)13/h7,10-11,14H,3-6H2,1-2H3,(H,12,13). The Kier molecular flexibility index (Phi) is 5.68. The largest absolute Gasteiger partial charge is 0.479 e. The van der Waals surface area contributed by atoms with Crippen LogP contribution in [0.5, 0.6) is 0 Å². The van der Waals surface area contributed by atoms with Crippen LogP contribution in [0.3, 0.4) is 0 Å². The number of nitrogens with one attached hydrogen (secondary N) is 1. The summed E-state index contributed by atoms with van der Waals surface area (Å²) in [6.45, 7) is 3.22. The lowest BCUT2D eigenvalue weighted by atomic mass is 10.1. The molecule has 5 nitrogen and oxygen atoms in total. The average molecular weight is 205 g/mol. The third kappa shape index (κ3) is 4.55. The first-order valence-electron chi connectivity index (χ1n) is 4.74. The summed E-state index contributed by atoms with van der Waals surface area (Å²) in [5.41, 5.74) is -1.75. The van der Waals surface area contributed by atoms with Gasteiger partial charge in [-0.05, 0) is 19.8 Å². The Labute approximate surface area is 83.8 Å². The molecule has 14 heavy (non-hydrogen) atoms. The van der Waals surface area contributed by atoms with Crippen LogP contribution in [0.4, 0.5) is 0 Å². The van der Waals surface area contributed by atoms with Gasteiger partial charge in [0.25, 0.3) is 0 Å². The summed E-state index contributed by atoms with van der Waals surface area (Å²) in [5.74, 6) is -1.25. The van der Waals surface area contributed by atoms with Gasteiger partial charge in [0.2, 0.25) is 0 Å². The van der Waals surface area contributed by atoms with E-state index < -0.39 is 11.6 Å². The number of carbonyl (C=O) groups is 1. The molecule has 2 unspecified atom stereocenters. The van der Waals surface area contributed by atoms with E-state index in [1.807, 2.05) is 6.92 Å². The van der Waals surface area contributed by atoms with Gasteiger partial charge in [-0.2, -0.15) is 0 Å². The third-order valence-electron chi connectivity index (χ3n) is 2.17. The number of carboxylic acids is 1. The molecule has 2 atom stereocenters. The Bertz CT molecular complexity index is 182. The Hall–Kier alpha value is -0.650. The van der Waals surface area contributed by atoms with Crippen LogP contribution >= 0.6 is 0 Å². The molecule has 0 rings (SSSR count). The summed E-state index contributed by atoms with van der Waals surface area (Å²) in [7, 11) is 0. The molecular formula is C9H19NO4. The van der Waals surface area contributed by atoms with Gasteiger partial charge in [-0.15, -0.1) is 0 Å². The second-order valence-corrected chi connectivity index (χ2v) is 3.58. The normalized spacial score (nSPS) is 17.4. The summed E-state index contributed by atoms with van der Waals surface area (Å²) < 4.78 is 0. The second-order valence-electron chi connectivity index (χ2n) is 3.58. The monoisotopic (exact) mass is 205 g/mol. The van der Waals surface area contributed by atoms with Crippen LogP contribution in [-0.2, 0) is 4.79 Å². The van der Waals surface area contributed by atoms with E-state index in [4.69, 9.17) is 10.2 Å². The van der Waals surface area contributed by atoms with Gasteiger partial charge < -0.3 is 20.6 Å². The van der Waals surface area contributed by atoms with Crippen molar-refractivity contribution in [3.63, 3.8) is 0 Å². The van der Waals surface area contributed by atoms with Crippen LogP contribution in [0.25, 0.3) is 0 Å². The van der Waals surface area contributed by atoms with E-state index in [0.717, 1.165) is 6.42 Å². The first-order valence-corrected chi connectivity index (χ1v) is 4.74. The number of hydrogen-bond acceptors (Lipinski definition) is 4. The van der Waals surface area contributed by atoms with Crippen LogP contribution in [0.1, 0.15) is 26.7 Å². The van der Waals surface area contributed by atoms with Gasteiger partial charge in [0.15, 0.2) is 5.60 Å². The van der Waals surface area contributed by atoms with E-state index >= 15 is 0 Å². The van der Waals surface area contributed by atoms with Crippen molar-refractivity contribution in [1.82, 2.24) is 5.32 Å². The minimum atomic E-state index is -1.75. The zero-order valence-electron chi connectivity index (χ0n) is 8.66. The molecule has 0 bridgehead atoms. The molecule has 0 aliphatic rings. The Morgan fingerprint density at radius 2 is 2.14 bits per heavy atom. The molecular weight excluding hydrogens is 186 g/mol. The summed E-state index contributed by atoms with van der Waals surface area (Å²) in [6, 6.07) is 0.0471. The lowest BCUT2D eigenvalue weighted by molar-refractivity contribution is -0.156. The molecule has 5 heteroatoms. The van der Waals surface area contributed by atoms with E-state index in [-0.39, 0.29) is 19.2 Å². The first kappa shape index (κ1) is 13.4. The predicted molar refractivity (Wildman–Crippen MR) is 52.0 cm³/mol. The number of aliphatic hydroxyl groups is 2. The van der Waals surface area contributed by atoms with Gasteiger partial charge in [-0.3, -0.25) is 0 Å². The van der Waals surface area contributed by atoms with Gasteiger partial charge in [0.05, 0.1) is 0 Å². The maximum Gasteiger partial charge on any atom is 0.336 e. The second kappa shape index (κ2) is 5.95. The lowest BCUT2D eigenvalue weighted by Crippen LogP contribution is -2.47. The van der Waals surface area contributed by atoms with E-state index in [1.54, 1.807) is 0 Å². The van der Waals surface area contributed by atoms with Crippen LogP contribution in [0.15, 0.2) is 0 Å². The molecule has 0 amide bonds. The Morgan fingerprint density at radius 3 is 2.50 bits per heavy atom. The van der Waals surface area contributed by atoms with Gasteiger partial charge in [-0.1, -0.05) is 6.92 Å². The molecule has 0 radical (unpaired) electrons. The van der Waals surface area contributed by atoms with Crippen molar-refractivity contribution in [3.05, 3.63) is 0 Å². The van der Waals surface area contributed by atoms with E-state index in [0.29, 0.717) is 6.42 Å². The van der Waals surface area contributed by atoms with Crippen molar-refractivity contribution in [2.75, 3.05) is 13.2 Å². The molecule has 0 saturated heterocycles. The molecule has 84 valence electrons. The zero-order valence-corrected chi connectivity index (χ0v) is 8.66. The maximum atomic E-state index is 10.5. The van der Waals surface area contributed by atoms with Gasteiger partial charge in [0, 0.05) is 19.2 Å². The lowest BCUT2D eigenvalue weighted by Gasteiger charge is -2.22. The molecule has 0 aliphatic carbocycles. The Morgan fingerprint density at radius 1 is 1.57 bits per heavy atom. The molecule has 0 spiro atoms. The van der Waals surface area contributed by atoms with Gasteiger partial charge in [-0.25, -0.2) is 4.79 Å². The summed E-state index contributed by atoms with van der Waals surface area (Å²) in [6.07, 6.45) is 1.35. The minimum absolute atomic E-state index is 0.0131. The maximum absolute atomic E-state index is 10.5. The summed E-state index contributed by atoms with van der Waals surface area (Å²) in [4.78, 5) is 10.5. The summed E-state index contributed by atoms with van der Waals surface area (Å²) in [5, 5.41) is 29.6. The van der Waals surface area contributed by atoms with Crippen molar-refractivity contribution < 1.29 is 20.1 Å². The summed E-state index contributed by atoms with van der Waals surface area (Å²) >= 11 is 0. The molecule has 0 aliphatic heterocycles. The Balaban J connectivity index is 3.95. The van der Waals surface area contributed by atoms with E-state index in [2.05, 4.69) is 5.32 Å². The molecule has 0 aromatic carbocycles. The van der Waals surface area contributed by atoms with Crippen molar-refractivity contribution in [3.8, 4) is 0 Å². The molecule has 0 aromatic rings. The van der Waals surface area contributed by atoms with Crippen LogP contribution in [0, 0.1) is 0 Å². The van der Waals surface area contributed by atoms with Crippen LogP contribution in [0.2, 0.25) is 0 Å². The molecule has 0 saturated carbocycles. The van der Waals surface area contributed by atoms with Crippen molar-refractivity contribution in [2.24, 2.45) is 0 Å². The number of aliphatic hydroxyl groups excluding tert-OH is 1.